The minimum absolute atomic E-state index is 0.0703. The Morgan fingerprint density at radius 1 is 1.00 bits per heavy atom. The second kappa shape index (κ2) is 8.21. The monoisotopic (exact) mass is 389 g/mol. The summed E-state index contributed by atoms with van der Waals surface area (Å²) in [5, 5.41) is 10.5. The van der Waals surface area contributed by atoms with E-state index in [-0.39, 0.29) is 16.6 Å². The number of hydrogen-bond donors (Lipinski definition) is 1. The summed E-state index contributed by atoms with van der Waals surface area (Å²) in [6.07, 6.45) is 1.49. The van der Waals surface area contributed by atoms with Crippen molar-refractivity contribution in [2.75, 3.05) is 0 Å². The molecular weight excluding hydrogens is 376 g/mol. The van der Waals surface area contributed by atoms with Gasteiger partial charge in [-0.25, -0.2) is 4.39 Å². The van der Waals surface area contributed by atoms with Crippen LogP contribution in [0.1, 0.15) is 11.1 Å². The zero-order chi connectivity index (χ0) is 18.5. The second-order valence-electron chi connectivity index (χ2n) is 5.49. The molecule has 0 unspecified atom stereocenters. The van der Waals surface area contributed by atoms with Gasteiger partial charge in [0.2, 0.25) is 0 Å². The predicted molar refractivity (Wildman–Crippen MR) is 103 cm³/mol. The minimum atomic E-state index is -0.275. The van der Waals surface area contributed by atoms with E-state index in [1.54, 1.807) is 42.5 Å². The third kappa shape index (κ3) is 4.75. The molecule has 0 saturated heterocycles. The van der Waals surface area contributed by atoms with Gasteiger partial charge in [-0.15, -0.1) is 0 Å². The van der Waals surface area contributed by atoms with Crippen molar-refractivity contribution in [2.24, 2.45) is 4.99 Å². The smallest absolute Gasteiger partial charge is 0.143 e. The second-order valence-corrected chi connectivity index (χ2v) is 6.34. The number of aromatic hydroxyl groups is 1. The van der Waals surface area contributed by atoms with Crippen LogP contribution in [0.3, 0.4) is 0 Å². The number of ether oxygens (including phenoxy) is 1. The van der Waals surface area contributed by atoms with E-state index < -0.39 is 0 Å². The van der Waals surface area contributed by atoms with Crippen molar-refractivity contribution in [2.45, 2.75) is 6.61 Å². The molecule has 0 aromatic heterocycles. The highest BCUT2D eigenvalue weighted by atomic mass is 35.5. The normalized spacial score (nSPS) is 11.0. The number of rotatable bonds is 5. The lowest BCUT2D eigenvalue weighted by Crippen LogP contribution is -1.95. The summed E-state index contributed by atoms with van der Waals surface area (Å²) in [6, 6.07) is 16.3. The van der Waals surface area contributed by atoms with E-state index in [9.17, 15) is 9.50 Å². The van der Waals surface area contributed by atoms with Gasteiger partial charge < -0.3 is 9.84 Å². The average molecular weight is 390 g/mol. The third-order valence-corrected chi connectivity index (χ3v) is 4.07. The summed E-state index contributed by atoms with van der Waals surface area (Å²) >= 11 is 11.8. The molecule has 0 bridgehead atoms. The first-order valence-corrected chi connectivity index (χ1v) is 8.46. The fraction of sp³-hybridized carbons (Fsp3) is 0.0500. The van der Waals surface area contributed by atoms with E-state index in [4.69, 9.17) is 27.9 Å². The van der Waals surface area contributed by atoms with Gasteiger partial charge in [-0.1, -0.05) is 35.3 Å². The SMILES string of the molecule is Oc1c(Cl)cc(Cl)cc1C=Nc1ccc(OCc2ccc(F)cc2)cc1. The Hall–Kier alpha value is -2.56. The van der Waals surface area contributed by atoms with Crippen molar-refractivity contribution in [1.82, 2.24) is 0 Å². The maximum Gasteiger partial charge on any atom is 0.143 e. The number of phenolic OH excluding ortho intramolecular Hbond substituents is 1. The zero-order valence-corrected chi connectivity index (χ0v) is 15.0. The van der Waals surface area contributed by atoms with Gasteiger partial charge >= 0.3 is 0 Å². The Bertz CT molecular complexity index is 926. The van der Waals surface area contributed by atoms with Gasteiger partial charge in [-0.05, 0) is 54.1 Å². The van der Waals surface area contributed by atoms with Crippen LogP contribution in [-0.2, 0) is 6.61 Å². The number of aliphatic imine (C=N–C) groups is 1. The molecule has 1 N–H and O–H groups in total. The van der Waals surface area contributed by atoms with Gasteiger partial charge in [0, 0.05) is 16.8 Å². The molecule has 0 atom stereocenters. The van der Waals surface area contributed by atoms with Gasteiger partial charge in [-0.3, -0.25) is 4.99 Å². The van der Waals surface area contributed by atoms with Crippen molar-refractivity contribution in [1.29, 1.82) is 0 Å². The molecule has 0 saturated carbocycles. The first kappa shape index (κ1) is 18.2. The molecule has 0 spiro atoms. The van der Waals surface area contributed by atoms with Crippen LogP contribution in [0.2, 0.25) is 10.0 Å². The Balaban J connectivity index is 1.65. The molecule has 132 valence electrons. The topological polar surface area (TPSA) is 41.8 Å². The molecule has 0 fully saturated rings. The molecule has 3 aromatic rings. The lowest BCUT2D eigenvalue weighted by molar-refractivity contribution is 0.306. The van der Waals surface area contributed by atoms with Gasteiger partial charge in [0.15, 0.2) is 0 Å². The van der Waals surface area contributed by atoms with Gasteiger partial charge in [0.05, 0.1) is 10.7 Å². The first-order chi connectivity index (χ1) is 12.5. The van der Waals surface area contributed by atoms with Crippen molar-refractivity contribution in [3.05, 3.63) is 87.7 Å². The molecule has 0 amide bonds. The molecule has 0 radical (unpaired) electrons. The number of halogens is 3. The van der Waals surface area contributed by atoms with Crippen LogP contribution >= 0.6 is 23.2 Å². The minimum Gasteiger partial charge on any atom is -0.506 e. The molecular formula is C20H14Cl2FNO2. The van der Waals surface area contributed by atoms with E-state index in [1.807, 2.05) is 0 Å². The van der Waals surface area contributed by atoms with Gasteiger partial charge in [0.1, 0.15) is 23.9 Å². The highest BCUT2D eigenvalue weighted by molar-refractivity contribution is 6.36. The Morgan fingerprint density at radius 2 is 1.69 bits per heavy atom. The number of nitrogens with zero attached hydrogens (tertiary/aromatic N) is 1. The van der Waals surface area contributed by atoms with E-state index in [0.29, 0.717) is 28.6 Å². The highest BCUT2D eigenvalue weighted by Crippen LogP contribution is 2.30. The lowest BCUT2D eigenvalue weighted by Gasteiger charge is -2.06. The van der Waals surface area contributed by atoms with Crippen LogP contribution in [-0.4, -0.2) is 11.3 Å². The Morgan fingerprint density at radius 3 is 2.38 bits per heavy atom. The van der Waals surface area contributed by atoms with Gasteiger partial charge in [0.25, 0.3) is 0 Å². The van der Waals surface area contributed by atoms with Crippen molar-refractivity contribution >= 4 is 35.1 Å². The summed E-state index contributed by atoms with van der Waals surface area (Å²) in [4.78, 5) is 4.29. The summed E-state index contributed by atoms with van der Waals surface area (Å²) in [5.74, 6) is 0.323. The first-order valence-electron chi connectivity index (χ1n) is 7.70. The summed E-state index contributed by atoms with van der Waals surface area (Å²) in [5.41, 5.74) is 1.98. The zero-order valence-electron chi connectivity index (χ0n) is 13.5. The van der Waals surface area contributed by atoms with Crippen LogP contribution in [0, 0.1) is 5.82 Å². The molecule has 6 heteroatoms. The lowest BCUT2D eigenvalue weighted by atomic mass is 10.2. The number of benzene rings is 3. The molecule has 0 heterocycles. The van der Waals surface area contributed by atoms with Crippen LogP contribution < -0.4 is 4.74 Å². The predicted octanol–water partition coefficient (Wildman–Crippen LogP) is 6.17. The third-order valence-electron chi connectivity index (χ3n) is 3.57. The number of phenols is 1. The molecule has 0 aliphatic rings. The van der Waals surface area contributed by atoms with E-state index in [1.165, 1.54) is 24.4 Å². The maximum atomic E-state index is 12.9. The molecule has 3 aromatic carbocycles. The van der Waals surface area contributed by atoms with E-state index in [2.05, 4.69) is 4.99 Å². The summed E-state index contributed by atoms with van der Waals surface area (Å²) < 4.78 is 18.5. The quantitative estimate of drug-likeness (QED) is 0.530. The molecule has 3 rings (SSSR count). The highest BCUT2D eigenvalue weighted by Gasteiger charge is 2.06. The van der Waals surface area contributed by atoms with Crippen molar-refractivity contribution in [3.63, 3.8) is 0 Å². The summed E-state index contributed by atoms with van der Waals surface area (Å²) in [6.45, 7) is 0.345. The molecule has 0 aliphatic heterocycles. The van der Waals surface area contributed by atoms with Crippen molar-refractivity contribution in [3.8, 4) is 11.5 Å². The Kier molecular flexibility index (Phi) is 5.76. The molecule has 0 aliphatic carbocycles. The molecule has 3 nitrogen and oxygen atoms in total. The van der Waals surface area contributed by atoms with Gasteiger partial charge in [-0.2, -0.15) is 0 Å². The van der Waals surface area contributed by atoms with Crippen LogP contribution in [0.5, 0.6) is 11.5 Å². The van der Waals surface area contributed by atoms with Crippen LogP contribution in [0.4, 0.5) is 10.1 Å². The molecule has 26 heavy (non-hydrogen) atoms. The van der Waals surface area contributed by atoms with Crippen molar-refractivity contribution < 1.29 is 14.2 Å². The summed E-state index contributed by atoms with van der Waals surface area (Å²) in [7, 11) is 0. The standard InChI is InChI=1S/C20H14Cl2FNO2/c21-15-9-14(20(25)19(22)10-15)11-24-17-5-7-18(8-6-17)26-12-13-1-3-16(23)4-2-13/h1-11,25H,12H2. The van der Waals surface area contributed by atoms with Crippen LogP contribution in [0.25, 0.3) is 0 Å². The number of hydrogen-bond acceptors (Lipinski definition) is 3. The van der Waals surface area contributed by atoms with E-state index >= 15 is 0 Å². The average Bonchev–Trinajstić information content (AvgIpc) is 2.64. The largest absolute Gasteiger partial charge is 0.506 e. The maximum absolute atomic E-state index is 12.9. The van der Waals surface area contributed by atoms with E-state index in [0.717, 1.165) is 5.56 Å². The fourth-order valence-electron chi connectivity index (χ4n) is 2.20. The van der Waals surface area contributed by atoms with Crippen LogP contribution in [0.15, 0.2) is 65.7 Å². The Labute approximate surface area is 160 Å². The fourth-order valence-corrected chi connectivity index (χ4v) is 2.71.